The van der Waals surface area contributed by atoms with Crippen LogP contribution in [-0.2, 0) is 28.6 Å². The Morgan fingerprint density at radius 1 is 1.18 bits per heavy atom. The molecule has 0 aliphatic rings. The summed E-state index contributed by atoms with van der Waals surface area (Å²) in [5, 5.41) is 0. The van der Waals surface area contributed by atoms with Gasteiger partial charge in [0.15, 0.2) is 0 Å². The van der Waals surface area contributed by atoms with Gasteiger partial charge in [0.25, 0.3) is 0 Å². The third kappa shape index (κ3) is 5.69. The number of hydrogen-bond acceptors (Lipinski definition) is 6. The predicted molar refractivity (Wildman–Crippen MR) is 79.5 cm³/mol. The molecular formula is C15H18O6S. The van der Waals surface area contributed by atoms with E-state index in [-0.39, 0.29) is 29.5 Å². The van der Waals surface area contributed by atoms with Crippen LogP contribution in [0.2, 0.25) is 0 Å². The highest BCUT2D eigenvalue weighted by Crippen LogP contribution is 2.18. The van der Waals surface area contributed by atoms with Gasteiger partial charge in [0, 0.05) is 0 Å². The molecule has 6 nitrogen and oxygen atoms in total. The third-order valence-electron chi connectivity index (χ3n) is 2.52. The van der Waals surface area contributed by atoms with Gasteiger partial charge in [0.05, 0.1) is 19.1 Å². The van der Waals surface area contributed by atoms with Crippen LogP contribution in [-0.4, -0.2) is 26.8 Å². The summed E-state index contributed by atoms with van der Waals surface area (Å²) in [6, 6.07) is 6.02. The van der Waals surface area contributed by atoms with Crippen LogP contribution >= 0.6 is 0 Å². The predicted octanol–water partition coefficient (Wildman–Crippen LogP) is 2.13. The zero-order valence-electron chi connectivity index (χ0n) is 12.7. The van der Waals surface area contributed by atoms with Crippen LogP contribution in [0.5, 0.6) is 0 Å². The number of rotatable bonds is 7. The van der Waals surface area contributed by atoms with Crippen LogP contribution in [0.3, 0.4) is 0 Å². The lowest BCUT2D eigenvalue weighted by atomic mass is 10.2. The second-order valence-corrected chi connectivity index (χ2v) is 6.14. The first-order valence-electron chi connectivity index (χ1n) is 6.62. The number of hydrogen-bond donors (Lipinski definition) is 0. The summed E-state index contributed by atoms with van der Waals surface area (Å²) in [6.45, 7) is 4.83. The Bertz CT molecular complexity index is 670. The first-order valence-corrected chi connectivity index (χ1v) is 8.03. The molecule has 0 atom stereocenters. The maximum Gasteiger partial charge on any atom is 0.338 e. The lowest BCUT2D eigenvalue weighted by molar-refractivity contribution is -0.137. The van der Waals surface area contributed by atoms with Crippen molar-refractivity contribution in [2.45, 2.75) is 32.1 Å². The molecule has 0 spiro atoms. The van der Waals surface area contributed by atoms with E-state index >= 15 is 0 Å². The fraction of sp³-hybridized carbons (Fsp3) is 0.333. The lowest BCUT2D eigenvalue weighted by Crippen LogP contribution is -2.11. The molecule has 0 heterocycles. The maximum atomic E-state index is 12.1. The average molecular weight is 326 g/mol. The van der Waals surface area contributed by atoms with E-state index < -0.39 is 16.1 Å². The van der Waals surface area contributed by atoms with Gasteiger partial charge >= 0.3 is 16.1 Å². The van der Waals surface area contributed by atoms with Crippen molar-refractivity contribution in [3.8, 4) is 0 Å². The minimum absolute atomic E-state index is 0.0589. The van der Waals surface area contributed by atoms with E-state index in [0.717, 1.165) is 11.6 Å². The van der Waals surface area contributed by atoms with Crippen LogP contribution in [0, 0.1) is 6.92 Å². The Morgan fingerprint density at radius 2 is 1.77 bits per heavy atom. The molecule has 0 saturated heterocycles. The van der Waals surface area contributed by atoms with Gasteiger partial charge in [-0.1, -0.05) is 17.7 Å². The van der Waals surface area contributed by atoms with Gasteiger partial charge in [-0.15, -0.1) is 0 Å². The molecule has 0 unspecified atom stereocenters. The summed E-state index contributed by atoms with van der Waals surface area (Å²) < 4.78 is 33.9. The fourth-order valence-corrected chi connectivity index (χ4v) is 2.51. The molecule has 1 rings (SSSR count). The van der Waals surface area contributed by atoms with Crippen molar-refractivity contribution < 1.29 is 26.9 Å². The van der Waals surface area contributed by atoms with Gasteiger partial charge in [0.2, 0.25) is 0 Å². The van der Waals surface area contributed by atoms with Gasteiger partial charge in [-0.3, -0.25) is 4.79 Å². The molecule has 0 aliphatic heterocycles. The van der Waals surface area contributed by atoms with Crippen molar-refractivity contribution >= 4 is 21.9 Å². The highest BCUT2D eigenvalue weighted by Gasteiger charge is 2.19. The van der Waals surface area contributed by atoms with Crippen molar-refractivity contribution in [2.75, 3.05) is 6.61 Å². The summed E-state index contributed by atoms with van der Waals surface area (Å²) >= 11 is 0. The minimum Gasteiger partial charge on any atom is -0.463 e. The van der Waals surface area contributed by atoms with Crippen molar-refractivity contribution in [3.63, 3.8) is 0 Å². The standard InChI is InChI=1S/C15H18O6S/c1-4-20-15(17)10-13(9-12(3)16)21-22(18,19)14-7-5-11(2)6-8-14/h5-8,10H,4,9H2,1-3H3/b13-10-. The Kier molecular flexibility index (Phi) is 6.30. The minimum atomic E-state index is -4.11. The molecule has 0 bridgehead atoms. The quantitative estimate of drug-likeness (QED) is 0.330. The second kappa shape index (κ2) is 7.74. The van der Waals surface area contributed by atoms with E-state index in [1.165, 1.54) is 19.1 Å². The number of esters is 1. The molecule has 0 radical (unpaired) electrons. The number of ether oxygens (including phenoxy) is 1. The van der Waals surface area contributed by atoms with Gasteiger partial charge in [-0.25, -0.2) is 4.79 Å². The van der Waals surface area contributed by atoms with Gasteiger partial charge in [-0.2, -0.15) is 8.42 Å². The Hall–Kier alpha value is -2.15. The van der Waals surface area contributed by atoms with E-state index in [9.17, 15) is 18.0 Å². The number of aryl methyl sites for hydroxylation is 1. The fourth-order valence-electron chi connectivity index (χ4n) is 1.56. The van der Waals surface area contributed by atoms with Crippen LogP contribution in [0.1, 0.15) is 25.8 Å². The smallest absolute Gasteiger partial charge is 0.338 e. The SMILES string of the molecule is CCOC(=O)/C=C(/CC(C)=O)OS(=O)(=O)c1ccc(C)cc1. The highest BCUT2D eigenvalue weighted by atomic mass is 32.2. The number of carbonyl (C=O) groups excluding carboxylic acids is 2. The number of benzene rings is 1. The van der Waals surface area contributed by atoms with Crippen molar-refractivity contribution in [2.24, 2.45) is 0 Å². The summed E-state index contributed by atoms with van der Waals surface area (Å²) in [7, 11) is -4.11. The number of carbonyl (C=O) groups is 2. The van der Waals surface area contributed by atoms with Crippen molar-refractivity contribution in [1.29, 1.82) is 0 Å². The van der Waals surface area contributed by atoms with Crippen LogP contribution in [0.4, 0.5) is 0 Å². The monoisotopic (exact) mass is 326 g/mol. The summed E-state index contributed by atoms with van der Waals surface area (Å²) in [6.07, 6.45) is 0.556. The first kappa shape index (κ1) is 17.9. The molecule has 22 heavy (non-hydrogen) atoms. The number of allylic oxidation sites excluding steroid dienone is 1. The normalized spacial score (nSPS) is 11.9. The average Bonchev–Trinajstić information content (AvgIpc) is 2.37. The highest BCUT2D eigenvalue weighted by molar-refractivity contribution is 7.86. The van der Waals surface area contributed by atoms with E-state index in [1.807, 2.05) is 6.92 Å². The molecule has 0 aliphatic carbocycles. The van der Waals surface area contributed by atoms with Crippen LogP contribution in [0.25, 0.3) is 0 Å². The Labute approximate surface area is 129 Å². The zero-order chi connectivity index (χ0) is 16.8. The molecule has 0 saturated carbocycles. The maximum absolute atomic E-state index is 12.1. The van der Waals surface area contributed by atoms with E-state index in [2.05, 4.69) is 4.74 Å². The van der Waals surface area contributed by atoms with Gasteiger partial charge < -0.3 is 8.92 Å². The molecule has 0 amide bonds. The van der Waals surface area contributed by atoms with E-state index in [1.54, 1.807) is 19.1 Å². The molecule has 1 aromatic rings. The second-order valence-electron chi connectivity index (χ2n) is 4.59. The summed E-state index contributed by atoms with van der Waals surface area (Å²) in [5.74, 6) is -1.38. The van der Waals surface area contributed by atoms with Crippen LogP contribution < -0.4 is 0 Å². The molecule has 120 valence electrons. The van der Waals surface area contributed by atoms with Crippen molar-refractivity contribution in [1.82, 2.24) is 0 Å². The molecule has 0 N–H and O–H groups in total. The molecular weight excluding hydrogens is 308 g/mol. The first-order chi connectivity index (χ1) is 10.2. The molecule has 1 aromatic carbocycles. The van der Waals surface area contributed by atoms with E-state index in [4.69, 9.17) is 4.18 Å². The summed E-state index contributed by atoms with van der Waals surface area (Å²) in [5.41, 5.74) is 0.893. The molecule has 7 heteroatoms. The van der Waals surface area contributed by atoms with Crippen LogP contribution in [0.15, 0.2) is 41.0 Å². The number of Topliss-reactive ketones (excluding diaryl/α,β-unsaturated/α-hetero) is 1. The van der Waals surface area contributed by atoms with Gasteiger partial charge in [-0.05, 0) is 32.9 Å². The topological polar surface area (TPSA) is 86.7 Å². The number of ketones is 1. The largest absolute Gasteiger partial charge is 0.463 e. The van der Waals surface area contributed by atoms with E-state index in [0.29, 0.717) is 0 Å². The lowest BCUT2D eigenvalue weighted by Gasteiger charge is -2.10. The third-order valence-corrected chi connectivity index (χ3v) is 3.80. The Balaban J connectivity index is 3.04. The molecule has 0 fully saturated rings. The molecule has 0 aromatic heterocycles. The van der Waals surface area contributed by atoms with Crippen molar-refractivity contribution in [3.05, 3.63) is 41.7 Å². The summed E-state index contributed by atoms with van der Waals surface area (Å²) in [4.78, 5) is 22.6. The Morgan fingerprint density at radius 3 is 2.27 bits per heavy atom. The zero-order valence-corrected chi connectivity index (χ0v) is 13.5. The van der Waals surface area contributed by atoms with Gasteiger partial charge in [0.1, 0.15) is 16.4 Å².